The number of carbonyl (C=O) groups excluding carboxylic acids is 1. The third-order valence-electron chi connectivity index (χ3n) is 3.82. The highest BCUT2D eigenvalue weighted by Crippen LogP contribution is 2.26. The third-order valence-corrected chi connectivity index (χ3v) is 5.24. The van der Waals surface area contributed by atoms with E-state index in [1.165, 1.54) is 0 Å². The Kier molecular flexibility index (Phi) is 7.10. The second kappa shape index (κ2) is 9.10. The van der Waals surface area contributed by atoms with Crippen LogP contribution >= 0.6 is 11.6 Å². The van der Waals surface area contributed by atoms with Crippen molar-refractivity contribution in [2.45, 2.75) is 26.3 Å². The van der Waals surface area contributed by atoms with E-state index in [1.807, 2.05) is 6.92 Å². The van der Waals surface area contributed by atoms with Crippen molar-refractivity contribution in [2.75, 3.05) is 22.5 Å². The molecule has 2 aromatic carbocycles. The smallest absolute Gasteiger partial charge is 0.248 e. The van der Waals surface area contributed by atoms with E-state index in [9.17, 15) is 13.2 Å². The van der Waals surface area contributed by atoms with Crippen molar-refractivity contribution in [1.82, 2.24) is 0 Å². The van der Waals surface area contributed by atoms with Crippen LogP contribution in [0.4, 0.5) is 11.4 Å². The van der Waals surface area contributed by atoms with Crippen LogP contribution in [0, 0.1) is 0 Å². The number of nitrogens with one attached hydrogen (secondary N) is 1. The van der Waals surface area contributed by atoms with Gasteiger partial charge in [-0.3, -0.25) is 9.10 Å². The monoisotopic (exact) mass is 410 g/mol. The first-order valence-electron chi connectivity index (χ1n) is 8.55. The molecular formula is C19H23ClN2O4S. The molecule has 2 rings (SSSR count). The average molecular weight is 411 g/mol. The maximum Gasteiger partial charge on any atom is 0.248 e. The average Bonchev–Trinajstić information content (AvgIpc) is 2.59. The molecule has 1 N–H and O–H groups in total. The summed E-state index contributed by atoms with van der Waals surface area (Å²) in [4.78, 5) is 12.8. The van der Waals surface area contributed by atoms with Gasteiger partial charge in [-0.25, -0.2) is 8.42 Å². The first-order valence-corrected chi connectivity index (χ1v) is 10.8. The number of carbonyl (C=O) groups is 1. The van der Waals surface area contributed by atoms with E-state index in [0.29, 0.717) is 35.2 Å². The van der Waals surface area contributed by atoms with Crippen molar-refractivity contribution in [3.63, 3.8) is 0 Å². The molecule has 0 radical (unpaired) electrons. The van der Waals surface area contributed by atoms with Gasteiger partial charge in [-0.2, -0.15) is 0 Å². The van der Waals surface area contributed by atoms with E-state index in [2.05, 4.69) is 5.32 Å². The lowest BCUT2D eigenvalue weighted by Gasteiger charge is -2.30. The lowest BCUT2D eigenvalue weighted by Crippen LogP contribution is -2.46. The van der Waals surface area contributed by atoms with Crippen LogP contribution in [0.2, 0.25) is 5.02 Å². The van der Waals surface area contributed by atoms with Crippen LogP contribution in [0.1, 0.15) is 20.3 Å². The van der Waals surface area contributed by atoms with Crippen molar-refractivity contribution in [2.24, 2.45) is 0 Å². The number of hydrogen-bond acceptors (Lipinski definition) is 4. The van der Waals surface area contributed by atoms with Crippen LogP contribution in [-0.4, -0.2) is 33.2 Å². The number of sulfonamides is 1. The van der Waals surface area contributed by atoms with E-state index in [-0.39, 0.29) is 0 Å². The van der Waals surface area contributed by atoms with Gasteiger partial charge in [-0.1, -0.05) is 24.6 Å². The molecule has 0 aliphatic heterocycles. The van der Waals surface area contributed by atoms with Crippen LogP contribution in [0.15, 0.2) is 48.5 Å². The fourth-order valence-electron chi connectivity index (χ4n) is 2.71. The SMILES string of the molecule is CCOc1ccc(N([C@@H](CC)C(=O)Nc2cccc(Cl)c2)S(C)(=O)=O)cc1. The summed E-state index contributed by atoms with van der Waals surface area (Å²) in [6, 6.07) is 12.4. The Morgan fingerprint density at radius 1 is 1.19 bits per heavy atom. The maximum atomic E-state index is 12.8. The molecular weight excluding hydrogens is 388 g/mol. The molecule has 0 bridgehead atoms. The quantitative estimate of drug-likeness (QED) is 0.715. The highest BCUT2D eigenvalue weighted by molar-refractivity contribution is 7.92. The number of hydrogen-bond donors (Lipinski definition) is 1. The van der Waals surface area contributed by atoms with Gasteiger partial charge in [-0.15, -0.1) is 0 Å². The summed E-state index contributed by atoms with van der Waals surface area (Å²) < 4.78 is 31.4. The molecule has 0 aliphatic rings. The molecule has 6 nitrogen and oxygen atoms in total. The van der Waals surface area contributed by atoms with Crippen molar-refractivity contribution >= 4 is 38.9 Å². The molecule has 1 amide bonds. The Hall–Kier alpha value is -2.25. The molecule has 146 valence electrons. The second-order valence-corrected chi connectivity index (χ2v) is 8.21. The zero-order chi connectivity index (χ0) is 20.0. The summed E-state index contributed by atoms with van der Waals surface area (Å²) in [5.41, 5.74) is 0.903. The predicted molar refractivity (Wildman–Crippen MR) is 109 cm³/mol. The highest BCUT2D eigenvalue weighted by atomic mass is 35.5. The lowest BCUT2D eigenvalue weighted by molar-refractivity contribution is -0.117. The van der Waals surface area contributed by atoms with Gasteiger partial charge in [0.15, 0.2) is 0 Å². The van der Waals surface area contributed by atoms with E-state index in [1.54, 1.807) is 55.5 Å². The number of rotatable bonds is 8. The molecule has 8 heteroatoms. The van der Waals surface area contributed by atoms with Gasteiger partial charge in [0.2, 0.25) is 15.9 Å². The van der Waals surface area contributed by atoms with Gasteiger partial charge < -0.3 is 10.1 Å². The molecule has 1 atom stereocenters. The lowest BCUT2D eigenvalue weighted by atomic mass is 10.1. The molecule has 0 aliphatic carbocycles. The predicted octanol–water partition coefficient (Wildman–Crippen LogP) is 3.92. The number of ether oxygens (including phenoxy) is 1. The third kappa shape index (κ3) is 5.61. The number of benzene rings is 2. The van der Waals surface area contributed by atoms with Gasteiger partial charge in [0.25, 0.3) is 0 Å². The molecule has 0 fully saturated rings. The molecule has 2 aromatic rings. The molecule has 0 spiro atoms. The number of nitrogens with zero attached hydrogens (tertiary/aromatic N) is 1. The van der Waals surface area contributed by atoms with E-state index < -0.39 is 22.0 Å². The molecule has 0 saturated heterocycles. The summed E-state index contributed by atoms with van der Waals surface area (Å²) >= 11 is 5.94. The minimum Gasteiger partial charge on any atom is -0.494 e. The number of anilines is 2. The Morgan fingerprint density at radius 3 is 2.37 bits per heavy atom. The van der Waals surface area contributed by atoms with Gasteiger partial charge in [-0.05, 0) is 55.8 Å². The Balaban J connectivity index is 2.33. The summed E-state index contributed by atoms with van der Waals surface area (Å²) in [6.45, 7) is 4.13. The van der Waals surface area contributed by atoms with Crippen LogP contribution in [0.25, 0.3) is 0 Å². The first-order chi connectivity index (χ1) is 12.8. The minimum atomic E-state index is -3.69. The van der Waals surface area contributed by atoms with Crippen LogP contribution < -0.4 is 14.4 Å². The fourth-order valence-corrected chi connectivity index (χ4v) is 4.11. The van der Waals surface area contributed by atoms with E-state index >= 15 is 0 Å². The van der Waals surface area contributed by atoms with Crippen LogP contribution in [-0.2, 0) is 14.8 Å². The standard InChI is InChI=1S/C19H23ClN2O4S/c1-4-18(19(23)21-15-8-6-7-14(20)13-15)22(27(3,24)25)16-9-11-17(12-10-16)26-5-2/h6-13,18H,4-5H2,1-3H3,(H,21,23)/t18-/m0/s1. The van der Waals surface area contributed by atoms with Crippen molar-refractivity contribution in [3.05, 3.63) is 53.6 Å². The molecule has 0 saturated carbocycles. The molecule has 0 aromatic heterocycles. The number of halogens is 1. The normalized spacial score (nSPS) is 12.3. The summed E-state index contributed by atoms with van der Waals surface area (Å²) in [5, 5.41) is 3.21. The Bertz CT molecular complexity index is 885. The first kappa shape index (κ1) is 21.1. The summed E-state index contributed by atoms with van der Waals surface area (Å²) in [6.07, 6.45) is 1.38. The van der Waals surface area contributed by atoms with E-state index in [4.69, 9.17) is 16.3 Å². The van der Waals surface area contributed by atoms with Crippen molar-refractivity contribution in [3.8, 4) is 5.75 Å². The molecule has 0 unspecified atom stereocenters. The number of amides is 1. The van der Waals surface area contributed by atoms with Crippen molar-refractivity contribution < 1.29 is 17.9 Å². The Labute approximate surface area is 165 Å². The summed E-state index contributed by atoms with van der Waals surface area (Å²) in [7, 11) is -3.69. The van der Waals surface area contributed by atoms with E-state index in [0.717, 1.165) is 10.6 Å². The minimum absolute atomic E-state index is 0.298. The zero-order valence-electron chi connectivity index (χ0n) is 15.5. The Morgan fingerprint density at radius 2 is 1.85 bits per heavy atom. The van der Waals surface area contributed by atoms with Gasteiger partial charge in [0.05, 0.1) is 18.6 Å². The largest absolute Gasteiger partial charge is 0.494 e. The zero-order valence-corrected chi connectivity index (χ0v) is 17.0. The molecule has 27 heavy (non-hydrogen) atoms. The second-order valence-electron chi connectivity index (χ2n) is 5.91. The topological polar surface area (TPSA) is 75.7 Å². The van der Waals surface area contributed by atoms with Crippen LogP contribution in [0.5, 0.6) is 5.75 Å². The highest BCUT2D eigenvalue weighted by Gasteiger charge is 2.31. The van der Waals surface area contributed by atoms with Gasteiger partial charge in [0.1, 0.15) is 11.8 Å². The van der Waals surface area contributed by atoms with Crippen molar-refractivity contribution in [1.29, 1.82) is 0 Å². The maximum absolute atomic E-state index is 12.8. The van der Waals surface area contributed by atoms with Gasteiger partial charge >= 0.3 is 0 Å². The summed E-state index contributed by atoms with van der Waals surface area (Å²) in [5.74, 6) is 0.199. The molecule has 0 heterocycles. The van der Waals surface area contributed by atoms with Gasteiger partial charge in [0, 0.05) is 10.7 Å². The van der Waals surface area contributed by atoms with Crippen LogP contribution in [0.3, 0.4) is 0 Å². The fraction of sp³-hybridized carbons (Fsp3) is 0.316.